The third-order valence-corrected chi connectivity index (χ3v) is 2.87. The second-order valence-corrected chi connectivity index (χ2v) is 4.34. The number of amides is 1. The summed E-state index contributed by atoms with van der Waals surface area (Å²) in [5.74, 6) is -0.492. The molecule has 2 rings (SSSR count). The van der Waals surface area contributed by atoms with Gasteiger partial charge in [0.2, 0.25) is 12.2 Å². The number of para-hydroxylation sites is 1. The van der Waals surface area contributed by atoms with Crippen molar-refractivity contribution in [1.29, 1.82) is 0 Å². The first-order valence-corrected chi connectivity index (χ1v) is 6.25. The lowest BCUT2D eigenvalue weighted by Gasteiger charge is -2.09. The average Bonchev–Trinajstić information content (AvgIpc) is 2.95. The van der Waals surface area contributed by atoms with Crippen molar-refractivity contribution in [2.24, 2.45) is 0 Å². The molecule has 0 spiro atoms. The SMILES string of the molecule is O=C(CCn1cnc([N+](=O)[O-])c1)Nc1ccccc1CO. The van der Waals surface area contributed by atoms with Crippen molar-refractivity contribution in [2.45, 2.75) is 19.6 Å². The summed E-state index contributed by atoms with van der Waals surface area (Å²) >= 11 is 0. The standard InChI is InChI=1S/C13H14N4O4/c18-8-10-3-1-2-4-11(10)15-13(19)5-6-16-7-12(14-9-16)17(20)21/h1-4,7,9,18H,5-6,8H2,(H,15,19). The van der Waals surface area contributed by atoms with Gasteiger partial charge in [-0.05, 0) is 16.0 Å². The van der Waals surface area contributed by atoms with Crippen LogP contribution in [0.1, 0.15) is 12.0 Å². The van der Waals surface area contributed by atoms with Crippen molar-refractivity contribution in [3.8, 4) is 0 Å². The van der Waals surface area contributed by atoms with Crippen LogP contribution in [0.3, 0.4) is 0 Å². The molecule has 1 aromatic heterocycles. The molecule has 0 aliphatic heterocycles. The maximum Gasteiger partial charge on any atom is 0.381 e. The highest BCUT2D eigenvalue weighted by Gasteiger charge is 2.11. The summed E-state index contributed by atoms with van der Waals surface area (Å²) in [6.07, 6.45) is 2.73. The number of aliphatic hydroxyl groups excluding tert-OH is 1. The fourth-order valence-electron chi connectivity index (χ4n) is 1.79. The molecule has 1 aromatic carbocycles. The first kappa shape index (κ1) is 14.7. The Bertz CT molecular complexity index is 653. The van der Waals surface area contributed by atoms with Crippen LogP contribution in [0.15, 0.2) is 36.8 Å². The van der Waals surface area contributed by atoms with Crippen LogP contribution in [0.2, 0.25) is 0 Å². The molecule has 0 unspecified atom stereocenters. The number of hydrogen-bond acceptors (Lipinski definition) is 5. The minimum Gasteiger partial charge on any atom is -0.392 e. The number of aryl methyl sites for hydroxylation is 1. The summed E-state index contributed by atoms with van der Waals surface area (Å²) in [6.45, 7) is 0.123. The molecule has 0 saturated heterocycles. The first-order chi connectivity index (χ1) is 10.1. The summed E-state index contributed by atoms with van der Waals surface area (Å²) in [4.78, 5) is 25.3. The Kier molecular flexibility index (Phi) is 4.62. The maximum atomic E-state index is 11.8. The highest BCUT2D eigenvalue weighted by molar-refractivity contribution is 5.91. The van der Waals surface area contributed by atoms with Crippen LogP contribution in [-0.2, 0) is 17.9 Å². The van der Waals surface area contributed by atoms with E-state index in [4.69, 9.17) is 5.11 Å². The molecule has 0 aliphatic carbocycles. The van der Waals surface area contributed by atoms with Gasteiger partial charge in [-0.1, -0.05) is 18.2 Å². The highest BCUT2D eigenvalue weighted by Crippen LogP contribution is 2.15. The molecule has 21 heavy (non-hydrogen) atoms. The van der Waals surface area contributed by atoms with Crippen LogP contribution in [0.25, 0.3) is 0 Å². The van der Waals surface area contributed by atoms with Crippen LogP contribution < -0.4 is 5.32 Å². The van der Waals surface area contributed by atoms with E-state index in [1.807, 2.05) is 0 Å². The molecular weight excluding hydrogens is 276 g/mol. The number of imidazole rings is 1. The van der Waals surface area contributed by atoms with Crippen LogP contribution in [-0.4, -0.2) is 25.5 Å². The fourth-order valence-corrected chi connectivity index (χ4v) is 1.79. The van der Waals surface area contributed by atoms with Gasteiger partial charge in [-0.2, -0.15) is 0 Å². The number of carbonyl (C=O) groups is 1. The number of aliphatic hydroxyl groups is 1. The Morgan fingerprint density at radius 1 is 1.43 bits per heavy atom. The van der Waals surface area contributed by atoms with Crippen molar-refractivity contribution in [3.63, 3.8) is 0 Å². The minimum atomic E-state index is -0.589. The topological polar surface area (TPSA) is 110 Å². The van der Waals surface area contributed by atoms with E-state index >= 15 is 0 Å². The second kappa shape index (κ2) is 6.62. The molecule has 0 bridgehead atoms. The number of nitro groups is 1. The van der Waals surface area contributed by atoms with Gasteiger partial charge in [0, 0.05) is 24.2 Å². The van der Waals surface area contributed by atoms with E-state index in [2.05, 4.69) is 10.3 Å². The summed E-state index contributed by atoms with van der Waals surface area (Å²) in [7, 11) is 0. The van der Waals surface area contributed by atoms with Crippen LogP contribution >= 0.6 is 0 Å². The number of aromatic nitrogens is 2. The molecule has 110 valence electrons. The maximum absolute atomic E-state index is 11.8. The third-order valence-electron chi connectivity index (χ3n) is 2.87. The molecule has 0 aliphatic rings. The van der Waals surface area contributed by atoms with Crippen molar-refractivity contribution in [3.05, 3.63) is 52.5 Å². The quantitative estimate of drug-likeness (QED) is 0.615. The molecule has 0 saturated carbocycles. The predicted molar refractivity (Wildman–Crippen MR) is 74.5 cm³/mol. The normalized spacial score (nSPS) is 10.3. The number of carbonyl (C=O) groups excluding carboxylic acids is 1. The molecular formula is C13H14N4O4. The molecule has 8 heteroatoms. The summed E-state index contributed by atoms with van der Waals surface area (Å²) < 4.78 is 1.48. The van der Waals surface area contributed by atoms with E-state index in [1.165, 1.54) is 17.1 Å². The van der Waals surface area contributed by atoms with Gasteiger partial charge in [0.25, 0.3) is 0 Å². The summed E-state index contributed by atoms with van der Waals surface area (Å²) in [5, 5.41) is 22.4. The average molecular weight is 290 g/mol. The second-order valence-electron chi connectivity index (χ2n) is 4.34. The van der Waals surface area contributed by atoms with Gasteiger partial charge in [-0.15, -0.1) is 0 Å². The largest absolute Gasteiger partial charge is 0.392 e. The van der Waals surface area contributed by atoms with Gasteiger partial charge in [-0.3, -0.25) is 4.79 Å². The Labute approximate surface area is 120 Å². The van der Waals surface area contributed by atoms with E-state index in [-0.39, 0.29) is 31.3 Å². The lowest BCUT2D eigenvalue weighted by molar-refractivity contribution is -0.389. The Morgan fingerprint density at radius 2 is 2.19 bits per heavy atom. The molecule has 8 nitrogen and oxygen atoms in total. The van der Waals surface area contributed by atoms with Gasteiger partial charge < -0.3 is 25.1 Å². The van der Waals surface area contributed by atoms with Gasteiger partial charge in [-0.25, -0.2) is 0 Å². The lowest BCUT2D eigenvalue weighted by atomic mass is 10.2. The number of hydrogen-bond donors (Lipinski definition) is 2. The monoisotopic (exact) mass is 290 g/mol. The molecule has 1 heterocycles. The van der Waals surface area contributed by atoms with E-state index in [1.54, 1.807) is 24.3 Å². The van der Waals surface area contributed by atoms with Gasteiger partial charge >= 0.3 is 5.82 Å². The molecule has 1 amide bonds. The van der Waals surface area contributed by atoms with E-state index < -0.39 is 4.92 Å². The Hall–Kier alpha value is -2.74. The predicted octanol–water partition coefficient (Wildman–Crippen LogP) is 1.31. The van der Waals surface area contributed by atoms with Crippen molar-refractivity contribution >= 4 is 17.4 Å². The lowest BCUT2D eigenvalue weighted by Crippen LogP contribution is -2.15. The number of anilines is 1. The first-order valence-electron chi connectivity index (χ1n) is 6.25. The molecule has 0 fully saturated rings. The smallest absolute Gasteiger partial charge is 0.381 e. The van der Waals surface area contributed by atoms with Crippen molar-refractivity contribution in [1.82, 2.24) is 9.55 Å². The number of nitrogens with zero attached hydrogens (tertiary/aromatic N) is 3. The van der Waals surface area contributed by atoms with Crippen molar-refractivity contribution < 1.29 is 14.8 Å². The van der Waals surface area contributed by atoms with Crippen LogP contribution in [0.5, 0.6) is 0 Å². The van der Waals surface area contributed by atoms with E-state index in [0.717, 1.165) is 0 Å². The van der Waals surface area contributed by atoms with E-state index in [0.29, 0.717) is 11.3 Å². The summed E-state index contributed by atoms with van der Waals surface area (Å²) in [6, 6.07) is 6.94. The van der Waals surface area contributed by atoms with Crippen LogP contribution in [0, 0.1) is 10.1 Å². The van der Waals surface area contributed by atoms with Gasteiger partial charge in [0.1, 0.15) is 6.20 Å². The van der Waals surface area contributed by atoms with Crippen molar-refractivity contribution in [2.75, 3.05) is 5.32 Å². The Morgan fingerprint density at radius 3 is 2.86 bits per heavy atom. The Balaban J connectivity index is 1.91. The van der Waals surface area contributed by atoms with Gasteiger partial charge in [0.15, 0.2) is 0 Å². The zero-order valence-corrected chi connectivity index (χ0v) is 11.1. The molecule has 0 radical (unpaired) electrons. The number of rotatable bonds is 6. The molecule has 2 N–H and O–H groups in total. The zero-order chi connectivity index (χ0) is 15.2. The molecule has 2 aromatic rings. The number of nitrogens with one attached hydrogen (secondary N) is 1. The minimum absolute atomic E-state index is 0.146. The molecule has 0 atom stereocenters. The fraction of sp³-hybridized carbons (Fsp3) is 0.231. The van der Waals surface area contributed by atoms with Gasteiger partial charge in [0.05, 0.1) is 6.61 Å². The zero-order valence-electron chi connectivity index (χ0n) is 11.1. The summed E-state index contributed by atoms with van der Waals surface area (Å²) in [5.41, 5.74) is 1.19. The highest BCUT2D eigenvalue weighted by atomic mass is 16.6. The third kappa shape index (κ3) is 3.86. The van der Waals surface area contributed by atoms with Crippen LogP contribution in [0.4, 0.5) is 11.5 Å². The number of benzene rings is 1. The van der Waals surface area contributed by atoms with E-state index in [9.17, 15) is 14.9 Å².